The van der Waals surface area contributed by atoms with Crippen LogP contribution in [-0.2, 0) is 24.9 Å². The van der Waals surface area contributed by atoms with Crippen molar-refractivity contribution >= 4 is 29.5 Å². The molecule has 0 aliphatic rings. The molecular formula is C15H18N6OS2. The van der Waals surface area contributed by atoms with Crippen LogP contribution in [0.3, 0.4) is 0 Å². The van der Waals surface area contributed by atoms with Crippen LogP contribution in [0, 0.1) is 4.77 Å². The predicted molar refractivity (Wildman–Crippen MR) is 95.0 cm³/mol. The summed E-state index contributed by atoms with van der Waals surface area (Å²) in [4.78, 5) is 15.1. The number of hydrogen-bond acceptors (Lipinski definition) is 5. The van der Waals surface area contributed by atoms with Gasteiger partial charge in [0.05, 0.1) is 11.1 Å². The Hall–Kier alpha value is -2.26. The third-order valence-corrected chi connectivity index (χ3v) is 4.83. The number of nitrogens with zero attached hydrogens (tertiary/aromatic N) is 5. The molecule has 24 heavy (non-hydrogen) atoms. The van der Waals surface area contributed by atoms with E-state index in [0.717, 1.165) is 16.3 Å². The van der Waals surface area contributed by atoms with Crippen molar-refractivity contribution in [3.8, 4) is 10.7 Å². The lowest BCUT2D eigenvalue weighted by molar-refractivity contribution is -0.130. The van der Waals surface area contributed by atoms with Gasteiger partial charge >= 0.3 is 0 Å². The van der Waals surface area contributed by atoms with Crippen LogP contribution in [0.25, 0.3) is 10.7 Å². The predicted octanol–water partition coefficient (Wildman–Crippen LogP) is 2.45. The summed E-state index contributed by atoms with van der Waals surface area (Å²) in [7, 11) is 3.65. The number of aromatic nitrogens is 5. The fourth-order valence-electron chi connectivity index (χ4n) is 2.43. The summed E-state index contributed by atoms with van der Waals surface area (Å²) in [5.41, 5.74) is 1.01. The van der Waals surface area contributed by atoms with Gasteiger partial charge in [0, 0.05) is 45.4 Å². The minimum Gasteiger partial charge on any atom is -0.341 e. The van der Waals surface area contributed by atoms with Crippen molar-refractivity contribution in [1.29, 1.82) is 0 Å². The molecule has 0 atom stereocenters. The lowest BCUT2D eigenvalue weighted by Crippen LogP contribution is -2.27. The summed E-state index contributed by atoms with van der Waals surface area (Å²) in [6.07, 6.45) is 4.04. The van der Waals surface area contributed by atoms with Crippen molar-refractivity contribution in [1.82, 2.24) is 29.4 Å². The maximum Gasteiger partial charge on any atom is 0.224 e. The summed E-state index contributed by atoms with van der Waals surface area (Å²) in [6, 6.07) is 3.96. The van der Waals surface area contributed by atoms with Crippen LogP contribution in [0.1, 0.15) is 12.0 Å². The number of thiophene rings is 1. The van der Waals surface area contributed by atoms with Gasteiger partial charge < -0.3 is 4.90 Å². The second kappa shape index (κ2) is 7.10. The maximum absolute atomic E-state index is 12.4. The minimum atomic E-state index is 0.0547. The van der Waals surface area contributed by atoms with Gasteiger partial charge in [-0.2, -0.15) is 10.2 Å². The van der Waals surface area contributed by atoms with Gasteiger partial charge in [0.1, 0.15) is 0 Å². The largest absolute Gasteiger partial charge is 0.341 e. The van der Waals surface area contributed by atoms with Crippen molar-refractivity contribution in [3.63, 3.8) is 0 Å². The third kappa shape index (κ3) is 3.62. The number of H-pyrrole nitrogens is 1. The van der Waals surface area contributed by atoms with Crippen LogP contribution >= 0.6 is 23.6 Å². The van der Waals surface area contributed by atoms with Crippen molar-refractivity contribution in [2.24, 2.45) is 7.05 Å². The first-order chi connectivity index (χ1) is 11.5. The zero-order valence-electron chi connectivity index (χ0n) is 13.5. The number of carbonyl (C=O) groups is 1. The second-order valence-corrected chi connectivity index (χ2v) is 6.84. The molecule has 1 amide bonds. The number of aryl methyl sites for hydroxylation is 1. The third-order valence-electron chi connectivity index (χ3n) is 3.65. The number of rotatable bonds is 6. The highest BCUT2D eigenvalue weighted by atomic mass is 32.1. The van der Waals surface area contributed by atoms with Crippen molar-refractivity contribution in [2.45, 2.75) is 19.5 Å². The molecule has 3 rings (SSSR count). The summed E-state index contributed by atoms with van der Waals surface area (Å²) in [5, 5.41) is 13.2. The van der Waals surface area contributed by atoms with E-state index in [1.54, 1.807) is 34.2 Å². The fourth-order valence-corrected chi connectivity index (χ4v) is 3.38. The van der Waals surface area contributed by atoms with E-state index < -0.39 is 0 Å². The highest BCUT2D eigenvalue weighted by Gasteiger charge is 2.14. The molecule has 3 aromatic rings. The Bertz CT molecular complexity index is 876. The Morgan fingerprint density at radius 2 is 2.33 bits per heavy atom. The van der Waals surface area contributed by atoms with Gasteiger partial charge in [0.25, 0.3) is 0 Å². The molecule has 0 saturated carbocycles. The molecular weight excluding hydrogens is 344 g/mol. The second-order valence-electron chi connectivity index (χ2n) is 5.50. The van der Waals surface area contributed by atoms with E-state index in [2.05, 4.69) is 15.3 Å². The SMILES string of the molecule is CN(Cc1cnn(C)c1)C(=O)CCn1c(-c2cccs2)n[nH]c1=S. The van der Waals surface area contributed by atoms with E-state index in [1.165, 1.54) is 0 Å². The normalized spacial score (nSPS) is 10.9. The molecule has 0 aliphatic carbocycles. The van der Waals surface area contributed by atoms with Gasteiger partial charge in [-0.1, -0.05) is 6.07 Å². The van der Waals surface area contributed by atoms with Crippen LogP contribution in [0.4, 0.5) is 0 Å². The Labute approximate surface area is 148 Å². The Morgan fingerprint density at radius 1 is 1.50 bits per heavy atom. The molecule has 3 aromatic heterocycles. The quantitative estimate of drug-likeness (QED) is 0.684. The van der Waals surface area contributed by atoms with Gasteiger partial charge in [-0.05, 0) is 23.7 Å². The topological polar surface area (TPSA) is 71.7 Å². The molecule has 126 valence electrons. The molecule has 0 saturated heterocycles. The smallest absolute Gasteiger partial charge is 0.224 e. The van der Waals surface area contributed by atoms with Gasteiger partial charge in [-0.3, -0.25) is 19.1 Å². The lowest BCUT2D eigenvalue weighted by atomic mass is 10.3. The monoisotopic (exact) mass is 362 g/mol. The molecule has 0 unspecified atom stereocenters. The van der Waals surface area contributed by atoms with Gasteiger partial charge in [-0.15, -0.1) is 11.3 Å². The number of aromatic amines is 1. The maximum atomic E-state index is 12.4. The number of nitrogens with one attached hydrogen (secondary N) is 1. The Balaban J connectivity index is 1.64. The van der Waals surface area contributed by atoms with E-state index in [9.17, 15) is 4.79 Å². The highest BCUT2D eigenvalue weighted by Crippen LogP contribution is 2.23. The summed E-state index contributed by atoms with van der Waals surface area (Å²) in [6.45, 7) is 1.04. The van der Waals surface area contributed by atoms with Crippen LogP contribution in [0.15, 0.2) is 29.9 Å². The number of amides is 1. The fraction of sp³-hybridized carbons (Fsp3) is 0.333. The average molecular weight is 362 g/mol. The first kappa shape index (κ1) is 16.6. The van der Waals surface area contributed by atoms with E-state index in [1.807, 2.05) is 35.3 Å². The summed E-state index contributed by atoms with van der Waals surface area (Å²) in [5.74, 6) is 0.830. The highest BCUT2D eigenvalue weighted by molar-refractivity contribution is 7.71. The van der Waals surface area contributed by atoms with Crippen LogP contribution in [-0.4, -0.2) is 42.4 Å². The molecule has 0 spiro atoms. The number of carbonyl (C=O) groups excluding carboxylic acids is 1. The van der Waals surface area contributed by atoms with Gasteiger partial charge in [0.15, 0.2) is 10.6 Å². The molecule has 7 nitrogen and oxygen atoms in total. The van der Waals surface area contributed by atoms with Gasteiger partial charge in [-0.25, -0.2) is 0 Å². The zero-order valence-corrected chi connectivity index (χ0v) is 15.1. The number of hydrogen-bond donors (Lipinski definition) is 1. The lowest BCUT2D eigenvalue weighted by Gasteiger charge is -2.16. The standard InChI is InChI=1S/C15H18N6OS2/c1-19(9-11-8-16-20(2)10-11)13(22)5-6-21-14(17-18-15(21)23)12-4-3-7-24-12/h3-4,7-8,10H,5-6,9H2,1-2H3,(H,18,23). The van der Waals surface area contributed by atoms with E-state index >= 15 is 0 Å². The average Bonchev–Trinajstić information content (AvgIpc) is 3.27. The Morgan fingerprint density at radius 3 is 3.00 bits per heavy atom. The van der Waals surface area contributed by atoms with Crippen molar-refractivity contribution in [3.05, 3.63) is 40.2 Å². The van der Waals surface area contributed by atoms with E-state index in [0.29, 0.717) is 24.3 Å². The van der Waals surface area contributed by atoms with Gasteiger partial charge in [0.2, 0.25) is 5.91 Å². The summed E-state index contributed by atoms with van der Waals surface area (Å²) < 4.78 is 4.13. The molecule has 3 heterocycles. The molecule has 0 bridgehead atoms. The zero-order chi connectivity index (χ0) is 17.1. The van der Waals surface area contributed by atoms with Crippen molar-refractivity contribution in [2.75, 3.05) is 7.05 Å². The van der Waals surface area contributed by atoms with E-state index in [-0.39, 0.29) is 5.91 Å². The molecule has 0 aliphatic heterocycles. The summed E-state index contributed by atoms with van der Waals surface area (Å²) >= 11 is 6.88. The molecule has 1 N–H and O–H groups in total. The Kier molecular flexibility index (Phi) is 4.91. The molecule has 9 heteroatoms. The van der Waals surface area contributed by atoms with Crippen LogP contribution in [0.2, 0.25) is 0 Å². The first-order valence-corrected chi connectivity index (χ1v) is 8.74. The molecule has 0 fully saturated rings. The van der Waals surface area contributed by atoms with Crippen LogP contribution in [0.5, 0.6) is 0 Å². The first-order valence-electron chi connectivity index (χ1n) is 7.45. The molecule has 0 aromatic carbocycles. The van der Waals surface area contributed by atoms with E-state index in [4.69, 9.17) is 12.2 Å². The minimum absolute atomic E-state index is 0.0547. The van der Waals surface area contributed by atoms with Crippen molar-refractivity contribution < 1.29 is 4.79 Å². The van der Waals surface area contributed by atoms with Crippen LogP contribution < -0.4 is 0 Å². The molecule has 0 radical (unpaired) electrons.